The minimum absolute atomic E-state index is 0.869. The van der Waals surface area contributed by atoms with Crippen LogP contribution >= 0.6 is 0 Å². The zero-order valence-corrected chi connectivity index (χ0v) is 31.1. The fourth-order valence-electron chi connectivity index (χ4n) is 6.91. The van der Waals surface area contributed by atoms with Crippen molar-refractivity contribution in [1.29, 1.82) is 0 Å². The zero-order chi connectivity index (χ0) is 31.4. The van der Waals surface area contributed by atoms with Crippen molar-refractivity contribution in [3.8, 4) is 0 Å². The van der Waals surface area contributed by atoms with Crippen LogP contribution in [-0.4, -0.2) is 0 Å². The number of allylic oxidation sites excluding steroid dienone is 1. The molecule has 0 spiro atoms. The van der Waals surface area contributed by atoms with Crippen molar-refractivity contribution in [2.75, 3.05) is 0 Å². The maximum atomic E-state index is 4.39. The van der Waals surface area contributed by atoms with E-state index in [-0.39, 0.29) is 0 Å². The van der Waals surface area contributed by atoms with Crippen molar-refractivity contribution >= 4 is 0 Å². The normalized spacial score (nSPS) is 16.2. The first kappa shape index (κ1) is 41.7. The van der Waals surface area contributed by atoms with Gasteiger partial charge in [0, 0.05) is 0 Å². The Balaban J connectivity index is 3.66. The second-order valence-corrected chi connectivity index (χ2v) is 15.9. The van der Waals surface area contributed by atoms with E-state index in [1.54, 1.807) is 0 Å². The SMILES string of the molecule is C=C(CCCCCCCCC)CCC(C)CCCC(C)CCCC(C)CCCC(C)CCCC(C)CCCC(C)CC. The maximum absolute atomic E-state index is 4.39. The van der Waals surface area contributed by atoms with Gasteiger partial charge in [-0.3, -0.25) is 0 Å². The Morgan fingerprint density at radius 1 is 0.357 bits per heavy atom. The summed E-state index contributed by atoms with van der Waals surface area (Å²) in [5, 5.41) is 0. The van der Waals surface area contributed by atoms with Crippen molar-refractivity contribution in [1.82, 2.24) is 0 Å². The Kier molecular flexibility index (Phi) is 29.3. The van der Waals surface area contributed by atoms with Crippen molar-refractivity contribution in [2.45, 2.75) is 222 Å². The number of rotatable bonds is 32. The van der Waals surface area contributed by atoms with Gasteiger partial charge in [-0.15, -0.1) is 0 Å². The molecule has 0 fully saturated rings. The average Bonchev–Trinajstić information content (AvgIpc) is 2.95. The van der Waals surface area contributed by atoms with Gasteiger partial charge in [0.1, 0.15) is 0 Å². The molecular weight excluding hydrogens is 504 g/mol. The molecule has 0 aliphatic rings. The Bertz CT molecular complexity index is 560. The number of hydrogen-bond donors (Lipinski definition) is 0. The standard InChI is InChI=1S/C42H84/c1-10-12-13-14-15-16-17-23-41(8)34-35-42(9)33-22-32-40(7)31-21-30-39(6)29-20-28-38(5)27-19-26-37(4)25-18-24-36(3)11-2/h36-40,42H,8,10-35H2,1-7,9H3. The molecule has 0 aliphatic heterocycles. The quantitative estimate of drug-likeness (QED) is 0.0541. The summed E-state index contributed by atoms with van der Waals surface area (Å²) >= 11 is 0. The largest absolute Gasteiger partial charge is 0.0999 e. The summed E-state index contributed by atoms with van der Waals surface area (Å²) in [4.78, 5) is 0. The van der Waals surface area contributed by atoms with E-state index >= 15 is 0 Å². The van der Waals surface area contributed by atoms with Crippen molar-refractivity contribution < 1.29 is 0 Å². The summed E-state index contributed by atoms with van der Waals surface area (Å²) in [6, 6.07) is 0. The molecule has 0 N–H and O–H groups in total. The summed E-state index contributed by atoms with van der Waals surface area (Å²) in [7, 11) is 0. The molecule has 0 aromatic heterocycles. The molecule has 0 aliphatic carbocycles. The van der Waals surface area contributed by atoms with Gasteiger partial charge in [-0.05, 0) is 61.2 Å². The molecule has 0 heteroatoms. The minimum atomic E-state index is 0.869. The molecule has 6 unspecified atom stereocenters. The second kappa shape index (κ2) is 29.5. The lowest BCUT2D eigenvalue weighted by Gasteiger charge is -2.17. The van der Waals surface area contributed by atoms with E-state index in [1.165, 1.54) is 173 Å². The highest BCUT2D eigenvalue weighted by Gasteiger charge is 2.10. The Morgan fingerprint density at radius 2 is 0.667 bits per heavy atom. The lowest BCUT2D eigenvalue weighted by Crippen LogP contribution is -2.03. The third kappa shape index (κ3) is 28.5. The minimum Gasteiger partial charge on any atom is -0.0999 e. The molecule has 42 heavy (non-hydrogen) atoms. The van der Waals surface area contributed by atoms with Crippen molar-refractivity contribution in [3.05, 3.63) is 12.2 Å². The van der Waals surface area contributed by atoms with E-state index in [0.717, 1.165) is 35.5 Å². The molecule has 6 atom stereocenters. The number of hydrogen-bond acceptors (Lipinski definition) is 0. The van der Waals surface area contributed by atoms with E-state index in [2.05, 4.69) is 62.0 Å². The Morgan fingerprint density at radius 3 is 1.02 bits per heavy atom. The van der Waals surface area contributed by atoms with Crippen LogP contribution in [0.1, 0.15) is 222 Å². The number of unbranched alkanes of at least 4 members (excludes halogenated alkanes) is 6. The third-order valence-electron chi connectivity index (χ3n) is 10.8. The second-order valence-electron chi connectivity index (χ2n) is 15.9. The van der Waals surface area contributed by atoms with Crippen LogP contribution in [0, 0.1) is 35.5 Å². The molecule has 0 saturated carbocycles. The van der Waals surface area contributed by atoms with Gasteiger partial charge in [0.2, 0.25) is 0 Å². The van der Waals surface area contributed by atoms with Crippen molar-refractivity contribution in [3.63, 3.8) is 0 Å². The molecule has 0 bridgehead atoms. The first-order chi connectivity index (χ1) is 20.2. The topological polar surface area (TPSA) is 0 Å². The van der Waals surface area contributed by atoms with Crippen LogP contribution in [0.2, 0.25) is 0 Å². The van der Waals surface area contributed by atoms with Crippen LogP contribution in [0.15, 0.2) is 12.2 Å². The maximum Gasteiger partial charge on any atom is -0.0320 e. The van der Waals surface area contributed by atoms with Gasteiger partial charge in [0.15, 0.2) is 0 Å². The molecule has 0 aromatic carbocycles. The molecule has 0 radical (unpaired) electrons. The van der Waals surface area contributed by atoms with Crippen LogP contribution in [0.25, 0.3) is 0 Å². The monoisotopic (exact) mass is 589 g/mol. The van der Waals surface area contributed by atoms with E-state index in [9.17, 15) is 0 Å². The molecule has 0 saturated heterocycles. The van der Waals surface area contributed by atoms with Gasteiger partial charge in [0.25, 0.3) is 0 Å². The molecule has 0 heterocycles. The molecule has 0 aromatic rings. The summed E-state index contributed by atoms with van der Waals surface area (Å²) < 4.78 is 0. The average molecular weight is 589 g/mol. The van der Waals surface area contributed by atoms with Gasteiger partial charge in [-0.2, -0.15) is 0 Å². The first-order valence-electron chi connectivity index (χ1n) is 19.8. The van der Waals surface area contributed by atoms with Gasteiger partial charge < -0.3 is 0 Å². The highest BCUT2D eigenvalue weighted by atomic mass is 14.2. The van der Waals surface area contributed by atoms with E-state index in [0.29, 0.717) is 0 Å². The van der Waals surface area contributed by atoms with Crippen LogP contribution in [0.3, 0.4) is 0 Å². The molecule has 0 nitrogen and oxygen atoms in total. The summed E-state index contributed by atoms with van der Waals surface area (Å²) in [5.41, 5.74) is 1.51. The fourth-order valence-corrected chi connectivity index (χ4v) is 6.91. The highest BCUT2D eigenvalue weighted by molar-refractivity contribution is 4.93. The summed E-state index contributed by atoms with van der Waals surface area (Å²) in [6.07, 6.45) is 36.7. The van der Waals surface area contributed by atoms with E-state index in [1.807, 2.05) is 0 Å². The van der Waals surface area contributed by atoms with Crippen LogP contribution in [-0.2, 0) is 0 Å². The van der Waals surface area contributed by atoms with Crippen molar-refractivity contribution in [2.24, 2.45) is 35.5 Å². The molecular formula is C42H84. The predicted octanol–water partition coefficient (Wildman–Crippen LogP) is 15.5. The molecule has 0 amide bonds. The van der Waals surface area contributed by atoms with Crippen LogP contribution in [0.4, 0.5) is 0 Å². The Labute approximate surface area is 269 Å². The lowest BCUT2D eigenvalue weighted by atomic mass is 9.89. The van der Waals surface area contributed by atoms with E-state index in [4.69, 9.17) is 0 Å². The fraction of sp³-hybridized carbons (Fsp3) is 0.952. The van der Waals surface area contributed by atoms with Crippen LogP contribution < -0.4 is 0 Å². The third-order valence-corrected chi connectivity index (χ3v) is 10.8. The smallest absolute Gasteiger partial charge is 0.0320 e. The van der Waals surface area contributed by atoms with Crippen LogP contribution in [0.5, 0.6) is 0 Å². The molecule has 0 rings (SSSR count). The highest BCUT2D eigenvalue weighted by Crippen LogP contribution is 2.26. The van der Waals surface area contributed by atoms with Gasteiger partial charge in [0.05, 0.1) is 0 Å². The molecule has 252 valence electrons. The summed E-state index contributed by atoms with van der Waals surface area (Å²) in [5.74, 6) is 5.48. The van der Waals surface area contributed by atoms with E-state index < -0.39 is 0 Å². The summed E-state index contributed by atoms with van der Waals surface area (Å²) in [6.45, 7) is 23.9. The van der Waals surface area contributed by atoms with Gasteiger partial charge in [-0.1, -0.05) is 209 Å². The first-order valence-corrected chi connectivity index (χ1v) is 19.8. The predicted molar refractivity (Wildman–Crippen MR) is 196 cm³/mol. The lowest BCUT2D eigenvalue weighted by molar-refractivity contribution is 0.358. The zero-order valence-electron chi connectivity index (χ0n) is 31.1. The van der Waals surface area contributed by atoms with Gasteiger partial charge in [-0.25, -0.2) is 0 Å². The Hall–Kier alpha value is -0.260. The van der Waals surface area contributed by atoms with Gasteiger partial charge >= 0.3 is 0 Å².